The van der Waals surface area contributed by atoms with Crippen LogP contribution in [0.3, 0.4) is 0 Å². The molecule has 11 heavy (non-hydrogen) atoms. The van der Waals surface area contributed by atoms with Gasteiger partial charge in [0, 0.05) is 18.9 Å². The van der Waals surface area contributed by atoms with Crippen LogP contribution in [0.2, 0.25) is 0 Å². The number of hydrogen-bond acceptors (Lipinski definition) is 0. The highest BCUT2D eigenvalue weighted by Gasteiger charge is 2.30. The monoisotopic (exact) mass is 163 g/mol. The zero-order chi connectivity index (χ0) is 8.48. The van der Waals surface area contributed by atoms with Gasteiger partial charge in [0.2, 0.25) is 0 Å². The molecule has 1 nitrogen and oxygen atoms in total. The van der Waals surface area contributed by atoms with Crippen LogP contribution in [-0.2, 0) is 12.7 Å². The maximum Gasteiger partial charge on any atom is 0.417 e. The lowest BCUT2D eigenvalue weighted by Crippen LogP contribution is -2.02. The fourth-order valence-corrected chi connectivity index (χ4v) is 0.805. The highest BCUT2D eigenvalue weighted by atomic mass is 19.4. The third-order valence-corrected chi connectivity index (χ3v) is 1.44. The van der Waals surface area contributed by atoms with Crippen LogP contribution < -0.4 is 0 Å². The average molecular weight is 163 g/mol. The molecular formula is C7H8F3N. The van der Waals surface area contributed by atoms with Crippen LogP contribution in [0.5, 0.6) is 0 Å². The van der Waals surface area contributed by atoms with E-state index in [1.54, 1.807) is 6.92 Å². The summed E-state index contributed by atoms with van der Waals surface area (Å²) < 4.78 is 37.3. The first-order chi connectivity index (χ1) is 5.04. The fraction of sp³-hybridized carbons (Fsp3) is 0.429. The van der Waals surface area contributed by atoms with Crippen molar-refractivity contribution >= 4 is 0 Å². The number of alkyl halides is 3. The summed E-state index contributed by atoms with van der Waals surface area (Å²) in [5.74, 6) is 0. The summed E-state index contributed by atoms with van der Waals surface area (Å²) in [4.78, 5) is 0. The lowest BCUT2D eigenvalue weighted by Gasteiger charge is -2.01. The van der Waals surface area contributed by atoms with E-state index in [4.69, 9.17) is 0 Å². The minimum atomic E-state index is -4.21. The molecule has 1 aromatic rings. The van der Waals surface area contributed by atoms with E-state index in [0.29, 0.717) is 6.54 Å². The fourth-order valence-electron chi connectivity index (χ4n) is 0.805. The van der Waals surface area contributed by atoms with Crippen molar-refractivity contribution < 1.29 is 13.2 Å². The Hall–Kier alpha value is -0.930. The Balaban J connectivity index is 2.89. The third-order valence-electron chi connectivity index (χ3n) is 1.44. The number of aromatic nitrogens is 1. The second-order valence-corrected chi connectivity index (χ2v) is 2.23. The smallest absolute Gasteiger partial charge is 0.354 e. The second kappa shape index (κ2) is 2.60. The van der Waals surface area contributed by atoms with Crippen molar-refractivity contribution in [1.82, 2.24) is 4.57 Å². The summed E-state index contributed by atoms with van der Waals surface area (Å²) >= 11 is 0. The largest absolute Gasteiger partial charge is 0.417 e. The summed E-state index contributed by atoms with van der Waals surface area (Å²) in [6.45, 7) is 2.36. The Kier molecular flexibility index (Phi) is 1.93. The van der Waals surface area contributed by atoms with Crippen molar-refractivity contribution in [3.05, 3.63) is 24.0 Å². The zero-order valence-corrected chi connectivity index (χ0v) is 6.02. The van der Waals surface area contributed by atoms with Crippen molar-refractivity contribution in [1.29, 1.82) is 0 Å². The van der Waals surface area contributed by atoms with Crippen LogP contribution in [0.1, 0.15) is 12.5 Å². The molecule has 62 valence electrons. The molecule has 0 unspecified atom stereocenters. The summed E-state index contributed by atoms with van der Waals surface area (Å²) in [6.07, 6.45) is -1.69. The molecule has 0 atom stereocenters. The molecule has 1 heterocycles. The summed E-state index contributed by atoms with van der Waals surface area (Å²) in [5, 5.41) is 0. The van der Waals surface area contributed by atoms with E-state index in [0.717, 1.165) is 12.3 Å². The van der Waals surface area contributed by atoms with Crippen LogP contribution >= 0.6 is 0 Å². The van der Waals surface area contributed by atoms with E-state index in [-0.39, 0.29) is 0 Å². The molecule has 0 saturated heterocycles. The highest BCUT2D eigenvalue weighted by Crippen LogP contribution is 2.28. The van der Waals surface area contributed by atoms with Crippen molar-refractivity contribution in [2.24, 2.45) is 0 Å². The number of halogens is 3. The van der Waals surface area contributed by atoms with Crippen LogP contribution in [-0.4, -0.2) is 4.57 Å². The van der Waals surface area contributed by atoms with Gasteiger partial charge in [-0.2, -0.15) is 13.2 Å². The van der Waals surface area contributed by atoms with Gasteiger partial charge in [0.1, 0.15) is 0 Å². The average Bonchev–Trinajstić information content (AvgIpc) is 2.32. The van der Waals surface area contributed by atoms with Gasteiger partial charge < -0.3 is 4.57 Å². The number of aryl methyl sites for hydroxylation is 1. The van der Waals surface area contributed by atoms with Crippen molar-refractivity contribution in [2.75, 3.05) is 0 Å². The first-order valence-corrected chi connectivity index (χ1v) is 3.27. The van der Waals surface area contributed by atoms with Gasteiger partial charge in [0.25, 0.3) is 0 Å². The molecule has 0 aliphatic rings. The van der Waals surface area contributed by atoms with Gasteiger partial charge in [-0.05, 0) is 13.0 Å². The number of rotatable bonds is 1. The highest BCUT2D eigenvalue weighted by molar-refractivity contribution is 5.13. The molecule has 0 radical (unpaired) electrons. The summed E-state index contributed by atoms with van der Waals surface area (Å²) in [6, 6.07) is 1.07. The minimum absolute atomic E-state index is 0.566. The Bertz CT molecular complexity index is 236. The Morgan fingerprint density at radius 1 is 1.45 bits per heavy atom. The van der Waals surface area contributed by atoms with Gasteiger partial charge in [-0.15, -0.1) is 0 Å². The molecule has 4 heteroatoms. The van der Waals surface area contributed by atoms with E-state index < -0.39 is 11.7 Å². The van der Waals surface area contributed by atoms with Crippen LogP contribution in [0.15, 0.2) is 18.5 Å². The molecule has 1 rings (SSSR count). The molecule has 0 fully saturated rings. The van der Waals surface area contributed by atoms with Crippen LogP contribution in [0, 0.1) is 0 Å². The second-order valence-electron chi connectivity index (χ2n) is 2.23. The number of hydrogen-bond donors (Lipinski definition) is 0. The van der Waals surface area contributed by atoms with Crippen LogP contribution in [0.25, 0.3) is 0 Å². The van der Waals surface area contributed by atoms with Crippen molar-refractivity contribution in [2.45, 2.75) is 19.6 Å². The first-order valence-electron chi connectivity index (χ1n) is 3.27. The van der Waals surface area contributed by atoms with Gasteiger partial charge in [0.15, 0.2) is 0 Å². The molecule has 0 aliphatic heterocycles. The maximum absolute atomic E-state index is 11.9. The lowest BCUT2D eigenvalue weighted by atomic mass is 10.3. The normalized spacial score (nSPS) is 12.0. The summed E-state index contributed by atoms with van der Waals surface area (Å²) in [5.41, 5.74) is -0.584. The zero-order valence-electron chi connectivity index (χ0n) is 6.02. The SMILES string of the molecule is CCn1ccc(C(F)(F)F)c1. The van der Waals surface area contributed by atoms with Gasteiger partial charge in [-0.3, -0.25) is 0 Å². The molecule has 1 aromatic heterocycles. The Morgan fingerprint density at radius 2 is 2.09 bits per heavy atom. The topological polar surface area (TPSA) is 4.93 Å². The standard InChI is InChI=1S/C7H8F3N/c1-2-11-4-3-6(5-11)7(8,9)10/h3-5H,2H2,1H3. The molecule has 0 amide bonds. The van der Waals surface area contributed by atoms with E-state index in [1.165, 1.54) is 10.8 Å². The van der Waals surface area contributed by atoms with Gasteiger partial charge in [0.05, 0.1) is 5.56 Å². The molecule has 0 bridgehead atoms. The Labute approximate surface area is 62.4 Å². The minimum Gasteiger partial charge on any atom is -0.354 e. The first kappa shape index (κ1) is 8.17. The quantitative estimate of drug-likeness (QED) is 0.599. The van der Waals surface area contributed by atoms with E-state index in [1.807, 2.05) is 0 Å². The maximum atomic E-state index is 11.9. The van der Waals surface area contributed by atoms with Crippen molar-refractivity contribution in [3.8, 4) is 0 Å². The van der Waals surface area contributed by atoms with E-state index >= 15 is 0 Å². The van der Waals surface area contributed by atoms with Gasteiger partial charge >= 0.3 is 6.18 Å². The van der Waals surface area contributed by atoms with Gasteiger partial charge in [-0.25, -0.2) is 0 Å². The molecule has 0 saturated carbocycles. The van der Waals surface area contributed by atoms with E-state index in [2.05, 4.69) is 0 Å². The predicted molar refractivity (Wildman–Crippen MR) is 35.1 cm³/mol. The summed E-state index contributed by atoms with van der Waals surface area (Å²) in [7, 11) is 0. The van der Waals surface area contributed by atoms with E-state index in [9.17, 15) is 13.2 Å². The third kappa shape index (κ3) is 1.76. The van der Waals surface area contributed by atoms with Crippen molar-refractivity contribution in [3.63, 3.8) is 0 Å². The predicted octanol–water partition coefficient (Wildman–Crippen LogP) is 2.53. The van der Waals surface area contributed by atoms with Crippen LogP contribution in [0.4, 0.5) is 13.2 Å². The molecule has 0 spiro atoms. The van der Waals surface area contributed by atoms with Gasteiger partial charge in [-0.1, -0.05) is 0 Å². The number of nitrogens with zero attached hydrogens (tertiary/aromatic N) is 1. The lowest BCUT2D eigenvalue weighted by molar-refractivity contribution is -0.137. The molecular weight excluding hydrogens is 155 g/mol. The molecule has 0 aromatic carbocycles. The molecule has 0 N–H and O–H groups in total. The molecule has 0 aliphatic carbocycles. The Morgan fingerprint density at radius 3 is 2.36 bits per heavy atom.